The van der Waals surface area contributed by atoms with Gasteiger partial charge in [-0.2, -0.15) is 0 Å². The highest BCUT2D eigenvalue weighted by atomic mass is 32.2. The summed E-state index contributed by atoms with van der Waals surface area (Å²) in [7, 11) is 0. The third-order valence-corrected chi connectivity index (χ3v) is 6.34. The van der Waals surface area contributed by atoms with Gasteiger partial charge in [0.25, 0.3) is 0 Å². The van der Waals surface area contributed by atoms with E-state index in [9.17, 15) is 4.79 Å². The fourth-order valence-electron chi connectivity index (χ4n) is 2.45. The van der Waals surface area contributed by atoms with Crippen molar-refractivity contribution in [1.82, 2.24) is 9.88 Å². The number of hydrogen-bond donors (Lipinski definition) is 1. The smallest absolute Gasteiger partial charge is 0.236 e. The van der Waals surface area contributed by atoms with Crippen LogP contribution in [0.1, 0.15) is 37.8 Å². The van der Waals surface area contributed by atoms with Crippen LogP contribution in [-0.2, 0) is 17.6 Å². The van der Waals surface area contributed by atoms with Gasteiger partial charge in [-0.25, -0.2) is 4.98 Å². The summed E-state index contributed by atoms with van der Waals surface area (Å²) in [6, 6.07) is 0. The number of thiazole rings is 1. The molecular weight excluding hydrogens is 334 g/mol. The zero-order valence-electron chi connectivity index (χ0n) is 13.3. The number of thioether (sulfide) groups is 1. The summed E-state index contributed by atoms with van der Waals surface area (Å²) >= 11 is 8.38. The molecule has 7 heteroatoms. The van der Waals surface area contributed by atoms with Crippen LogP contribution in [0.3, 0.4) is 0 Å². The number of rotatable bonds is 5. The van der Waals surface area contributed by atoms with Crippen molar-refractivity contribution in [2.24, 2.45) is 5.92 Å². The predicted octanol–water partition coefficient (Wildman–Crippen LogP) is 3.57. The topological polar surface area (TPSA) is 45.2 Å². The molecule has 0 fully saturated rings. The number of nitrogens with zero attached hydrogens (tertiary/aromatic N) is 2. The summed E-state index contributed by atoms with van der Waals surface area (Å²) in [4.78, 5) is 20.0. The van der Waals surface area contributed by atoms with E-state index in [1.807, 2.05) is 0 Å². The minimum atomic E-state index is -0.0290. The number of anilines is 1. The van der Waals surface area contributed by atoms with Crippen molar-refractivity contribution >= 4 is 50.7 Å². The van der Waals surface area contributed by atoms with E-state index in [0.29, 0.717) is 5.75 Å². The van der Waals surface area contributed by atoms with Gasteiger partial charge in [0.15, 0.2) is 5.13 Å². The van der Waals surface area contributed by atoms with E-state index in [1.165, 1.54) is 28.8 Å². The van der Waals surface area contributed by atoms with Crippen molar-refractivity contribution < 1.29 is 4.79 Å². The van der Waals surface area contributed by atoms with Crippen LogP contribution in [0, 0.1) is 5.92 Å². The molecule has 0 saturated heterocycles. The van der Waals surface area contributed by atoms with Gasteiger partial charge >= 0.3 is 0 Å². The molecule has 2 rings (SSSR count). The third-order valence-electron chi connectivity index (χ3n) is 3.78. The molecule has 1 amide bonds. The Balaban J connectivity index is 1.84. The van der Waals surface area contributed by atoms with Gasteiger partial charge in [-0.05, 0) is 39.0 Å². The Morgan fingerprint density at radius 1 is 1.50 bits per heavy atom. The molecular formula is C15H23N3OS3. The molecule has 1 aromatic heterocycles. The van der Waals surface area contributed by atoms with Gasteiger partial charge in [0.05, 0.1) is 11.4 Å². The van der Waals surface area contributed by atoms with E-state index >= 15 is 0 Å². The van der Waals surface area contributed by atoms with Crippen LogP contribution in [0.15, 0.2) is 0 Å². The van der Waals surface area contributed by atoms with Crippen LogP contribution >= 0.6 is 35.3 Å². The van der Waals surface area contributed by atoms with Gasteiger partial charge in [0.2, 0.25) is 5.91 Å². The van der Waals surface area contributed by atoms with E-state index in [1.54, 1.807) is 11.3 Å². The number of aryl methyl sites for hydroxylation is 1. The number of nitrogens with one attached hydrogen (secondary N) is 1. The van der Waals surface area contributed by atoms with E-state index in [0.717, 1.165) is 41.3 Å². The van der Waals surface area contributed by atoms with Crippen molar-refractivity contribution in [3.8, 4) is 0 Å². The van der Waals surface area contributed by atoms with E-state index < -0.39 is 0 Å². The fourth-order valence-corrected chi connectivity index (χ4v) is 4.84. The van der Waals surface area contributed by atoms with Crippen molar-refractivity contribution in [2.45, 2.75) is 40.0 Å². The monoisotopic (exact) mass is 357 g/mol. The van der Waals surface area contributed by atoms with Crippen molar-refractivity contribution in [3.05, 3.63) is 10.6 Å². The maximum Gasteiger partial charge on any atom is 0.236 e. The Bertz CT molecular complexity index is 540. The second kappa shape index (κ2) is 8.26. The van der Waals surface area contributed by atoms with Gasteiger partial charge in [-0.1, -0.05) is 30.9 Å². The van der Waals surface area contributed by atoms with E-state index in [4.69, 9.17) is 12.2 Å². The summed E-state index contributed by atoms with van der Waals surface area (Å²) in [6.45, 7) is 8.16. The van der Waals surface area contributed by atoms with Crippen LogP contribution in [0.5, 0.6) is 0 Å². The summed E-state index contributed by atoms with van der Waals surface area (Å²) in [5.74, 6) is 1.04. The number of carbonyl (C=O) groups is 1. The zero-order chi connectivity index (χ0) is 16.1. The molecule has 0 radical (unpaired) electrons. The summed E-state index contributed by atoms with van der Waals surface area (Å²) in [6.07, 6.45) is 3.31. The van der Waals surface area contributed by atoms with Gasteiger partial charge in [-0.15, -0.1) is 11.3 Å². The van der Waals surface area contributed by atoms with Gasteiger partial charge < -0.3 is 10.2 Å². The lowest BCUT2D eigenvalue weighted by Crippen LogP contribution is -2.28. The average molecular weight is 358 g/mol. The molecule has 0 saturated carbocycles. The summed E-state index contributed by atoms with van der Waals surface area (Å²) < 4.78 is 0.785. The largest absolute Gasteiger partial charge is 0.358 e. The molecule has 0 unspecified atom stereocenters. The number of hydrogen-bond acceptors (Lipinski definition) is 5. The molecule has 0 aromatic carbocycles. The van der Waals surface area contributed by atoms with Crippen LogP contribution in [0.4, 0.5) is 5.13 Å². The molecule has 1 heterocycles. The molecule has 22 heavy (non-hydrogen) atoms. The first-order chi connectivity index (χ1) is 10.5. The van der Waals surface area contributed by atoms with Crippen LogP contribution in [0.2, 0.25) is 0 Å². The number of fused-ring (bicyclic) bond motifs is 1. The van der Waals surface area contributed by atoms with E-state index in [-0.39, 0.29) is 5.91 Å². The predicted molar refractivity (Wildman–Crippen MR) is 99.9 cm³/mol. The Morgan fingerprint density at radius 2 is 2.23 bits per heavy atom. The molecule has 0 bridgehead atoms. The standard InChI is InChI=1S/C15H23N3OS3/c1-4-18(5-2)15(20)21-9-13(19)17-14-16-11-7-6-10(3)8-12(11)22-14/h10H,4-9H2,1-3H3,(H,16,17,19)/t10-/m0/s1. The average Bonchev–Trinajstić information content (AvgIpc) is 2.87. The second-order valence-corrected chi connectivity index (χ2v) is 8.20. The highest BCUT2D eigenvalue weighted by Gasteiger charge is 2.20. The Morgan fingerprint density at radius 3 is 2.91 bits per heavy atom. The maximum atomic E-state index is 12.0. The first kappa shape index (κ1) is 17.7. The molecule has 122 valence electrons. The highest BCUT2D eigenvalue weighted by Crippen LogP contribution is 2.32. The van der Waals surface area contributed by atoms with Gasteiger partial charge in [0, 0.05) is 18.0 Å². The van der Waals surface area contributed by atoms with Crippen LogP contribution < -0.4 is 5.32 Å². The molecule has 1 N–H and O–H groups in total. The van der Waals surface area contributed by atoms with Crippen molar-refractivity contribution in [2.75, 3.05) is 24.2 Å². The summed E-state index contributed by atoms with van der Waals surface area (Å²) in [5.41, 5.74) is 1.17. The Labute approximate surface area is 146 Å². The number of aromatic nitrogens is 1. The number of thiocarbonyl (C=S) groups is 1. The van der Waals surface area contributed by atoms with E-state index in [2.05, 4.69) is 36.0 Å². The number of amides is 1. The molecule has 0 spiro atoms. The summed E-state index contributed by atoms with van der Waals surface area (Å²) in [5, 5.41) is 3.65. The first-order valence-corrected chi connectivity index (χ1v) is 9.94. The second-order valence-electron chi connectivity index (χ2n) is 5.51. The maximum absolute atomic E-state index is 12.0. The normalized spacial score (nSPS) is 17.0. The Kier molecular flexibility index (Phi) is 6.65. The molecule has 4 nitrogen and oxygen atoms in total. The molecule has 1 aromatic rings. The molecule has 0 aliphatic heterocycles. The lowest BCUT2D eigenvalue weighted by atomic mass is 9.93. The Hall–Kier alpha value is -0.660. The quantitative estimate of drug-likeness (QED) is 0.816. The lowest BCUT2D eigenvalue weighted by molar-refractivity contribution is -0.113. The minimum absolute atomic E-state index is 0.0290. The van der Waals surface area contributed by atoms with Crippen molar-refractivity contribution in [3.63, 3.8) is 0 Å². The minimum Gasteiger partial charge on any atom is -0.358 e. The van der Waals surface area contributed by atoms with Gasteiger partial charge in [0.1, 0.15) is 4.32 Å². The number of carbonyl (C=O) groups excluding carboxylic acids is 1. The van der Waals surface area contributed by atoms with Crippen LogP contribution in [-0.4, -0.2) is 39.0 Å². The first-order valence-electron chi connectivity index (χ1n) is 7.73. The SMILES string of the molecule is CCN(CC)C(=S)SCC(=O)Nc1nc2c(s1)C[C@@H](C)CC2. The van der Waals surface area contributed by atoms with Crippen LogP contribution in [0.25, 0.3) is 0 Å². The van der Waals surface area contributed by atoms with Gasteiger partial charge in [-0.3, -0.25) is 4.79 Å². The third kappa shape index (κ3) is 4.67. The molecule has 1 atom stereocenters. The van der Waals surface area contributed by atoms with Crippen molar-refractivity contribution in [1.29, 1.82) is 0 Å². The zero-order valence-corrected chi connectivity index (χ0v) is 15.8. The molecule has 1 aliphatic carbocycles. The fraction of sp³-hybridized carbons (Fsp3) is 0.667. The lowest BCUT2D eigenvalue weighted by Gasteiger charge is -2.20. The highest BCUT2D eigenvalue weighted by molar-refractivity contribution is 8.23. The molecule has 1 aliphatic rings.